The summed E-state index contributed by atoms with van der Waals surface area (Å²) in [4.78, 5) is 19.9. The molecule has 2 aromatic heterocycles. The monoisotopic (exact) mass is 403 g/mol. The van der Waals surface area contributed by atoms with Crippen molar-refractivity contribution in [2.45, 2.75) is 6.04 Å². The van der Waals surface area contributed by atoms with Crippen LogP contribution < -0.4 is 5.32 Å². The van der Waals surface area contributed by atoms with E-state index in [1.165, 1.54) is 18.2 Å². The predicted octanol–water partition coefficient (Wildman–Crippen LogP) is 4.73. The standard InChI is InChI=1S/C22H18FN5O2/c1-27-14-13-24-22(27)21(16-9-5-6-10-17(16)23)26-19-12-11-18(28(29)30)20(25-19)15-7-3-2-4-8-15/h2-14,21H,1H3,(H,25,26). The molecule has 0 saturated heterocycles. The number of benzene rings is 2. The summed E-state index contributed by atoms with van der Waals surface area (Å²) in [7, 11) is 1.82. The second-order valence-electron chi connectivity index (χ2n) is 6.68. The highest BCUT2D eigenvalue weighted by molar-refractivity contribution is 5.71. The van der Waals surface area contributed by atoms with Crippen LogP contribution in [0.1, 0.15) is 17.4 Å². The van der Waals surface area contributed by atoms with E-state index in [1.807, 2.05) is 13.1 Å². The van der Waals surface area contributed by atoms with Gasteiger partial charge in [0.05, 0.1) is 4.92 Å². The topological polar surface area (TPSA) is 85.9 Å². The van der Waals surface area contributed by atoms with Gasteiger partial charge in [0.25, 0.3) is 5.69 Å². The molecule has 7 nitrogen and oxygen atoms in total. The maximum absolute atomic E-state index is 14.6. The lowest BCUT2D eigenvalue weighted by molar-refractivity contribution is -0.384. The van der Waals surface area contributed by atoms with E-state index in [0.717, 1.165) is 0 Å². The second-order valence-corrected chi connectivity index (χ2v) is 6.68. The largest absolute Gasteiger partial charge is 0.356 e. The number of imidazole rings is 1. The predicted molar refractivity (Wildman–Crippen MR) is 111 cm³/mol. The molecule has 1 unspecified atom stereocenters. The highest BCUT2D eigenvalue weighted by Crippen LogP contribution is 2.32. The van der Waals surface area contributed by atoms with Gasteiger partial charge in [-0.15, -0.1) is 0 Å². The number of rotatable bonds is 6. The van der Waals surface area contributed by atoms with Crippen LogP contribution in [0, 0.1) is 15.9 Å². The first kappa shape index (κ1) is 19.3. The van der Waals surface area contributed by atoms with Gasteiger partial charge in [0, 0.05) is 36.6 Å². The molecule has 8 heteroatoms. The van der Waals surface area contributed by atoms with Crippen LogP contribution >= 0.6 is 0 Å². The molecule has 1 N–H and O–H groups in total. The van der Waals surface area contributed by atoms with Crippen molar-refractivity contribution >= 4 is 11.5 Å². The Hall–Kier alpha value is -4.07. The molecule has 2 aromatic carbocycles. The Bertz CT molecular complexity index is 1190. The molecule has 0 fully saturated rings. The van der Waals surface area contributed by atoms with E-state index in [0.29, 0.717) is 22.8 Å². The van der Waals surface area contributed by atoms with Gasteiger partial charge in [0.1, 0.15) is 23.5 Å². The van der Waals surface area contributed by atoms with Crippen LogP contribution in [0.5, 0.6) is 0 Å². The molecule has 0 aliphatic rings. The Morgan fingerprint density at radius 3 is 2.47 bits per heavy atom. The zero-order valence-electron chi connectivity index (χ0n) is 16.1. The van der Waals surface area contributed by atoms with Gasteiger partial charge < -0.3 is 9.88 Å². The third-order valence-corrected chi connectivity index (χ3v) is 4.74. The number of pyridine rings is 1. The number of nitrogens with zero attached hydrogens (tertiary/aromatic N) is 4. The third-order valence-electron chi connectivity index (χ3n) is 4.74. The molecule has 1 atom stereocenters. The Morgan fingerprint density at radius 2 is 1.80 bits per heavy atom. The molecule has 30 heavy (non-hydrogen) atoms. The van der Waals surface area contributed by atoms with E-state index in [2.05, 4.69) is 15.3 Å². The molecule has 0 spiro atoms. The Balaban J connectivity index is 1.80. The number of anilines is 1. The lowest BCUT2D eigenvalue weighted by Crippen LogP contribution is -2.19. The van der Waals surface area contributed by atoms with Gasteiger partial charge in [0.2, 0.25) is 0 Å². The fourth-order valence-electron chi connectivity index (χ4n) is 3.28. The third kappa shape index (κ3) is 3.75. The first-order valence-electron chi connectivity index (χ1n) is 9.23. The number of halogens is 1. The lowest BCUT2D eigenvalue weighted by Gasteiger charge is -2.20. The van der Waals surface area contributed by atoms with Gasteiger partial charge in [-0.1, -0.05) is 48.5 Å². The number of nitro groups is 1. The van der Waals surface area contributed by atoms with Crippen molar-refractivity contribution in [2.75, 3.05) is 5.32 Å². The van der Waals surface area contributed by atoms with E-state index in [1.54, 1.807) is 59.4 Å². The van der Waals surface area contributed by atoms with Crippen LogP contribution in [-0.4, -0.2) is 19.5 Å². The summed E-state index contributed by atoms with van der Waals surface area (Å²) in [6, 6.07) is 17.6. The zero-order valence-corrected chi connectivity index (χ0v) is 16.1. The van der Waals surface area contributed by atoms with Crippen molar-refractivity contribution in [3.63, 3.8) is 0 Å². The van der Waals surface area contributed by atoms with Crippen LogP contribution in [-0.2, 0) is 7.05 Å². The molecule has 2 heterocycles. The lowest BCUT2D eigenvalue weighted by atomic mass is 10.0. The fourth-order valence-corrected chi connectivity index (χ4v) is 3.28. The van der Waals surface area contributed by atoms with Gasteiger partial charge in [-0.3, -0.25) is 10.1 Å². The van der Waals surface area contributed by atoms with E-state index < -0.39 is 11.0 Å². The molecule has 0 aliphatic heterocycles. The van der Waals surface area contributed by atoms with Gasteiger partial charge in [-0.25, -0.2) is 14.4 Å². The van der Waals surface area contributed by atoms with Crippen molar-refractivity contribution in [2.24, 2.45) is 7.05 Å². The second kappa shape index (κ2) is 8.12. The molecular formula is C22H18FN5O2. The summed E-state index contributed by atoms with van der Waals surface area (Å²) < 4.78 is 16.4. The average Bonchev–Trinajstić information content (AvgIpc) is 3.18. The average molecular weight is 403 g/mol. The summed E-state index contributed by atoms with van der Waals surface area (Å²) in [6.07, 6.45) is 3.40. The molecule has 0 bridgehead atoms. The molecule has 0 saturated carbocycles. The number of aryl methyl sites for hydroxylation is 1. The number of aromatic nitrogens is 3. The molecule has 150 valence electrons. The Kier molecular flexibility index (Phi) is 5.21. The molecule has 0 radical (unpaired) electrons. The van der Waals surface area contributed by atoms with E-state index in [4.69, 9.17) is 0 Å². The smallest absolute Gasteiger partial charge is 0.295 e. The first-order valence-corrected chi connectivity index (χ1v) is 9.23. The van der Waals surface area contributed by atoms with Gasteiger partial charge in [0.15, 0.2) is 5.69 Å². The maximum atomic E-state index is 14.6. The number of nitrogens with one attached hydrogen (secondary N) is 1. The molecular weight excluding hydrogens is 385 g/mol. The normalized spacial score (nSPS) is 11.8. The Morgan fingerprint density at radius 1 is 1.07 bits per heavy atom. The summed E-state index contributed by atoms with van der Waals surface area (Å²) >= 11 is 0. The van der Waals surface area contributed by atoms with Gasteiger partial charge in [-0.05, 0) is 12.1 Å². The molecule has 4 rings (SSSR count). The molecule has 0 amide bonds. The number of hydrogen-bond donors (Lipinski definition) is 1. The van der Waals surface area contributed by atoms with Gasteiger partial charge >= 0.3 is 0 Å². The van der Waals surface area contributed by atoms with Crippen LogP contribution in [0.3, 0.4) is 0 Å². The molecule has 0 aliphatic carbocycles. The minimum Gasteiger partial charge on any atom is -0.356 e. The minimum atomic E-state index is -0.635. The fraction of sp³-hybridized carbons (Fsp3) is 0.0909. The zero-order chi connectivity index (χ0) is 21.1. The number of hydrogen-bond acceptors (Lipinski definition) is 5. The minimum absolute atomic E-state index is 0.105. The van der Waals surface area contributed by atoms with Gasteiger partial charge in [-0.2, -0.15) is 0 Å². The molecule has 4 aromatic rings. The SMILES string of the molecule is Cn1ccnc1C(Nc1ccc([N+](=O)[O-])c(-c2ccccc2)n1)c1ccccc1F. The van der Waals surface area contributed by atoms with Crippen molar-refractivity contribution < 1.29 is 9.31 Å². The quantitative estimate of drug-likeness (QED) is 0.372. The first-order chi connectivity index (χ1) is 14.5. The highest BCUT2D eigenvalue weighted by atomic mass is 19.1. The summed E-state index contributed by atoms with van der Waals surface area (Å²) in [5, 5.41) is 14.7. The van der Waals surface area contributed by atoms with Crippen molar-refractivity contribution in [1.29, 1.82) is 0 Å². The van der Waals surface area contributed by atoms with Crippen LogP contribution in [0.25, 0.3) is 11.3 Å². The summed E-state index contributed by atoms with van der Waals surface area (Å²) in [6.45, 7) is 0. The van der Waals surface area contributed by atoms with Crippen molar-refractivity contribution in [1.82, 2.24) is 14.5 Å². The van der Waals surface area contributed by atoms with Crippen molar-refractivity contribution in [3.8, 4) is 11.3 Å². The summed E-state index contributed by atoms with van der Waals surface area (Å²) in [5.41, 5.74) is 1.14. The maximum Gasteiger partial charge on any atom is 0.295 e. The van der Waals surface area contributed by atoms with Crippen LogP contribution in [0.2, 0.25) is 0 Å². The van der Waals surface area contributed by atoms with E-state index in [-0.39, 0.29) is 17.2 Å². The van der Waals surface area contributed by atoms with Crippen LogP contribution in [0.4, 0.5) is 15.9 Å². The van der Waals surface area contributed by atoms with Crippen molar-refractivity contribution in [3.05, 3.63) is 106 Å². The van der Waals surface area contributed by atoms with E-state index in [9.17, 15) is 14.5 Å². The summed E-state index contributed by atoms with van der Waals surface area (Å²) in [5.74, 6) is 0.570. The highest BCUT2D eigenvalue weighted by Gasteiger charge is 2.24. The Labute approximate surface area is 172 Å². The van der Waals surface area contributed by atoms with Crippen LogP contribution in [0.15, 0.2) is 79.1 Å². The van der Waals surface area contributed by atoms with E-state index >= 15 is 0 Å².